The van der Waals surface area contributed by atoms with Crippen LogP contribution in [0.4, 0.5) is 17.6 Å². The number of nitrogens with one attached hydrogen (secondary N) is 2. The van der Waals surface area contributed by atoms with Crippen molar-refractivity contribution in [3.8, 4) is 23.5 Å². The lowest BCUT2D eigenvalue weighted by atomic mass is 9.95. The van der Waals surface area contributed by atoms with E-state index in [4.69, 9.17) is 0 Å². The average molecular weight is 602 g/mol. The highest BCUT2D eigenvalue weighted by molar-refractivity contribution is 5.98. The van der Waals surface area contributed by atoms with Crippen molar-refractivity contribution in [1.82, 2.24) is 35.0 Å². The zero-order chi connectivity index (χ0) is 31.4. The number of ketones is 1. The predicted molar refractivity (Wildman–Crippen MR) is 151 cm³/mol. The molecular weight excluding hydrogens is 578 g/mol. The van der Waals surface area contributed by atoms with Crippen molar-refractivity contribution in [2.24, 2.45) is 7.05 Å². The number of Topliss-reactive ketones (excluding diaryl/α,β-unsaturated/α-hetero) is 1. The number of benzene rings is 2. The van der Waals surface area contributed by atoms with E-state index in [0.29, 0.717) is 28.5 Å². The maximum Gasteiger partial charge on any atom is 0.416 e. The maximum atomic E-state index is 14.6. The number of carbonyl (C=O) groups excluding carboxylic acids is 2. The molecule has 2 N–H and O–H groups in total. The van der Waals surface area contributed by atoms with Crippen LogP contribution in [0.5, 0.6) is 0 Å². The highest BCUT2D eigenvalue weighted by Crippen LogP contribution is 2.32. The van der Waals surface area contributed by atoms with Gasteiger partial charge in [-0.3, -0.25) is 19.7 Å². The van der Waals surface area contributed by atoms with Crippen LogP contribution in [0.3, 0.4) is 0 Å². The molecule has 0 radical (unpaired) electrons. The second-order valence-corrected chi connectivity index (χ2v) is 9.75. The standard InChI is InChI=1S/C31H23F4N7O2/c1-36-30(44)26-13-18(7-8-37-26)9-19-10-20(12-23(11-19)31(33,34)35)14-27(43)22-4-6-25(32)21(15-22)3-5-24-16-38-29(42(24)2)28-39-17-40-41-28/h4,6-8,10-13,15-17H,9,14H2,1-2H3,(H,36,44)(H,39,40,41). The Morgan fingerprint density at radius 3 is 2.50 bits per heavy atom. The smallest absolute Gasteiger partial charge is 0.354 e. The molecular formula is C31H23F4N7O2. The van der Waals surface area contributed by atoms with Gasteiger partial charge in [-0.25, -0.2) is 14.4 Å². The lowest BCUT2D eigenvalue weighted by Crippen LogP contribution is -2.19. The molecule has 5 rings (SSSR count). The minimum atomic E-state index is -4.66. The molecule has 44 heavy (non-hydrogen) atoms. The third kappa shape index (κ3) is 6.70. The van der Waals surface area contributed by atoms with E-state index in [2.05, 4.69) is 42.3 Å². The van der Waals surface area contributed by atoms with Crippen molar-refractivity contribution in [1.29, 1.82) is 0 Å². The number of alkyl halides is 3. The third-order valence-corrected chi connectivity index (χ3v) is 6.67. The summed E-state index contributed by atoms with van der Waals surface area (Å²) < 4.78 is 57.6. The minimum Gasteiger partial charge on any atom is -0.354 e. The van der Waals surface area contributed by atoms with Crippen LogP contribution in [0.2, 0.25) is 0 Å². The second-order valence-electron chi connectivity index (χ2n) is 9.75. The quantitative estimate of drug-likeness (QED) is 0.161. The zero-order valence-electron chi connectivity index (χ0n) is 23.3. The van der Waals surface area contributed by atoms with Gasteiger partial charge >= 0.3 is 6.18 Å². The van der Waals surface area contributed by atoms with Gasteiger partial charge in [0.1, 0.15) is 23.5 Å². The number of rotatable bonds is 7. The normalized spacial score (nSPS) is 11.1. The average Bonchev–Trinajstić information content (AvgIpc) is 3.65. The summed E-state index contributed by atoms with van der Waals surface area (Å²) >= 11 is 0. The van der Waals surface area contributed by atoms with E-state index in [0.717, 1.165) is 18.2 Å². The highest BCUT2D eigenvalue weighted by Gasteiger charge is 2.31. The Kier molecular flexibility index (Phi) is 8.34. The Morgan fingerprint density at radius 1 is 0.977 bits per heavy atom. The van der Waals surface area contributed by atoms with Gasteiger partial charge in [0.15, 0.2) is 17.4 Å². The number of halogens is 4. The van der Waals surface area contributed by atoms with Gasteiger partial charge in [-0.1, -0.05) is 12.0 Å². The Hall–Kier alpha value is -5.64. The van der Waals surface area contributed by atoms with Crippen LogP contribution in [0, 0.1) is 17.7 Å². The summed E-state index contributed by atoms with van der Waals surface area (Å²) in [4.78, 5) is 37.4. The van der Waals surface area contributed by atoms with Gasteiger partial charge in [-0.2, -0.15) is 18.3 Å². The summed E-state index contributed by atoms with van der Waals surface area (Å²) in [6.07, 6.45) is -0.738. The van der Waals surface area contributed by atoms with Crippen molar-refractivity contribution < 1.29 is 27.2 Å². The first kappa shape index (κ1) is 29.8. The molecule has 0 saturated carbocycles. The molecule has 222 valence electrons. The van der Waals surface area contributed by atoms with E-state index >= 15 is 0 Å². The summed E-state index contributed by atoms with van der Waals surface area (Å²) in [5, 5.41) is 8.93. The molecule has 0 spiro atoms. The number of hydrogen-bond donors (Lipinski definition) is 2. The largest absolute Gasteiger partial charge is 0.416 e. The highest BCUT2D eigenvalue weighted by atomic mass is 19.4. The van der Waals surface area contributed by atoms with Gasteiger partial charge in [-0.15, -0.1) is 0 Å². The van der Waals surface area contributed by atoms with Crippen LogP contribution < -0.4 is 5.32 Å². The number of imidazole rings is 1. The van der Waals surface area contributed by atoms with Crippen LogP contribution in [0.1, 0.15) is 54.4 Å². The summed E-state index contributed by atoms with van der Waals surface area (Å²) in [6.45, 7) is 0. The summed E-state index contributed by atoms with van der Waals surface area (Å²) in [5.74, 6) is 4.80. The first-order valence-corrected chi connectivity index (χ1v) is 13.1. The van der Waals surface area contributed by atoms with Gasteiger partial charge in [0.2, 0.25) is 0 Å². The molecule has 0 saturated heterocycles. The van der Waals surface area contributed by atoms with Gasteiger partial charge in [-0.05, 0) is 71.5 Å². The molecule has 0 bridgehead atoms. The number of pyridine rings is 1. The molecule has 9 nitrogen and oxygen atoms in total. The molecule has 0 aliphatic rings. The number of aromatic amines is 1. The van der Waals surface area contributed by atoms with E-state index in [1.54, 1.807) is 17.7 Å². The van der Waals surface area contributed by atoms with Gasteiger partial charge in [0, 0.05) is 32.3 Å². The molecule has 2 aromatic carbocycles. The van der Waals surface area contributed by atoms with E-state index in [1.807, 2.05) is 0 Å². The van der Waals surface area contributed by atoms with Crippen LogP contribution >= 0.6 is 0 Å². The van der Waals surface area contributed by atoms with E-state index in [-0.39, 0.29) is 35.2 Å². The number of nitrogens with zero attached hydrogens (tertiary/aromatic N) is 5. The zero-order valence-corrected chi connectivity index (χ0v) is 23.3. The van der Waals surface area contributed by atoms with Crippen molar-refractivity contribution in [3.05, 3.63) is 118 Å². The van der Waals surface area contributed by atoms with Gasteiger partial charge in [0.25, 0.3) is 5.91 Å². The Labute approximate surface area is 248 Å². The summed E-state index contributed by atoms with van der Waals surface area (Å²) in [6, 6.07) is 10.1. The molecule has 5 aromatic rings. The van der Waals surface area contributed by atoms with Gasteiger partial charge in [0.05, 0.1) is 17.3 Å². The van der Waals surface area contributed by atoms with Crippen molar-refractivity contribution >= 4 is 11.7 Å². The topological polar surface area (TPSA) is 118 Å². The number of carbonyl (C=O) groups is 2. The minimum absolute atomic E-state index is 0.0624. The fourth-order valence-corrected chi connectivity index (χ4v) is 4.47. The second kappa shape index (κ2) is 12.3. The SMILES string of the molecule is CNC(=O)c1cc(Cc2cc(CC(=O)c3ccc(F)c(C#Cc4cnc(-c5ncn[nH]5)n4C)c3)cc(C(F)(F)F)c2)ccn1. The Balaban J connectivity index is 1.39. The predicted octanol–water partition coefficient (Wildman–Crippen LogP) is 4.53. The Bertz CT molecular complexity index is 1920. The van der Waals surface area contributed by atoms with Crippen LogP contribution in [-0.2, 0) is 26.1 Å². The fourth-order valence-electron chi connectivity index (χ4n) is 4.47. The molecule has 3 heterocycles. The molecule has 3 aromatic heterocycles. The van der Waals surface area contributed by atoms with E-state index in [1.165, 1.54) is 50.0 Å². The van der Waals surface area contributed by atoms with E-state index in [9.17, 15) is 27.2 Å². The van der Waals surface area contributed by atoms with E-state index < -0.39 is 29.2 Å². The summed E-state index contributed by atoms with van der Waals surface area (Å²) in [7, 11) is 3.14. The van der Waals surface area contributed by atoms with Crippen LogP contribution in [-0.4, -0.2) is 48.5 Å². The van der Waals surface area contributed by atoms with Crippen molar-refractivity contribution in [2.75, 3.05) is 7.05 Å². The molecule has 0 aliphatic carbocycles. The van der Waals surface area contributed by atoms with Crippen molar-refractivity contribution in [3.63, 3.8) is 0 Å². The molecule has 0 unspecified atom stereocenters. The molecule has 0 fully saturated rings. The maximum absolute atomic E-state index is 14.6. The third-order valence-electron chi connectivity index (χ3n) is 6.67. The lowest BCUT2D eigenvalue weighted by Gasteiger charge is -2.13. The molecule has 0 atom stereocenters. The first-order valence-electron chi connectivity index (χ1n) is 13.1. The summed E-state index contributed by atoms with van der Waals surface area (Å²) in [5.41, 5.74) is 0.680. The monoisotopic (exact) mass is 601 g/mol. The van der Waals surface area contributed by atoms with Crippen LogP contribution in [0.25, 0.3) is 11.6 Å². The number of hydrogen-bond acceptors (Lipinski definition) is 6. The molecule has 0 aliphatic heterocycles. The fraction of sp³-hybridized carbons (Fsp3) is 0.161. The van der Waals surface area contributed by atoms with Gasteiger partial charge < -0.3 is 9.88 Å². The molecule has 13 heteroatoms. The van der Waals surface area contributed by atoms with Crippen molar-refractivity contribution in [2.45, 2.75) is 19.0 Å². The Morgan fingerprint density at radius 2 is 1.77 bits per heavy atom. The first-order chi connectivity index (χ1) is 21.0. The number of amides is 1. The number of H-pyrrole nitrogens is 1. The number of aromatic nitrogens is 6. The van der Waals surface area contributed by atoms with Crippen LogP contribution in [0.15, 0.2) is 67.3 Å². The molecule has 1 amide bonds. The lowest BCUT2D eigenvalue weighted by molar-refractivity contribution is -0.137.